The van der Waals surface area contributed by atoms with Crippen molar-refractivity contribution in [2.24, 2.45) is 5.11 Å². The Bertz CT molecular complexity index is 636. The summed E-state index contributed by atoms with van der Waals surface area (Å²) in [7, 11) is 0. The van der Waals surface area contributed by atoms with E-state index in [0.717, 1.165) is 6.07 Å². The molecule has 0 fully saturated rings. The van der Waals surface area contributed by atoms with Crippen LogP contribution in [-0.2, 0) is 6.54 Å². The molecule has 1 aromatic carbocycles. The number of rotatable bonds is 4. The van der Waals surface area contributed by atoms with Gasteiger partial charge in [-0.15, -0.1) is 10.2 Å². The zero-order chi connectivity index (χ0) is 13.8. The molecule has 0 atom stereocenters. The van der Waals surface area contributed by atoms with Crippen LogP contribution < -0.4 is 0 Å². The van der Waals surface area contributed by atoms with Gasteiger partial charge in [0.15, 0.2) is 0 Å². The largest absolute Gasteiger partial charge is 0.415 e. The van der Waals surface area contributed by atoms with Crippen LogP contribution in [0.15, 0.2) is 27.7 Å². The summed E-state index contributed by atoms with van der Waals surface area (Å²) in [6.45, 7) is -0.144. The quantitative estimate of drug-likeness (QED) is 0.482. The Balaban J connectivity index is 2.30. The van der Waals surface area contributed by atoms with Gasteiger partial charge in [0, 0.05) is 10.5 Å². The number of hydrogen-bond donors (Lipinski definition) is 0. The molecule has 0 amide bonds. The minimum atomic E-state index is -2.88. The fourth-order valence-corrected chi connectivity index (χ4v) is 1.36. The van der Waals surface area contributed by atoms with Crippen LogP contribution in [0.2, 0.25) is 0 Å². The molecular weight excluding hydrogens is 263 g/mol. The molecule has 0 bridgehead atoms. The van der Waals surface area contributed by atoms with Crippen molar-refractivity contribution in [2.75, 3.05) is 0 Å². The summed E-state index contributed by atoms with van der Waals surface area (Å²) in [6.07, 6.45) is -2.88. The predicted octanol–water partition coefficient (Wildman–Crippen LogP) is 3.62. The van der Waals surface area contributed by atoms with Crippen molar-refractivity contribution >= 4 is 0 Å². The highest BCUT2D eigenvalue weighted by Gasteiger charge is 2.17. The van der Waals surface area contributed by atoms with Crippen molar-refractivity contribution in [1.29, 1.82) is 0 Å². The Morgan fingerprint density at radius 1 is 1.37 bits per heavy atom. The normalized spacial score (nSPS) is 10.5. The van der Waals surface area contributed by atoms with E-state index in [1.165, 1.54) is 12.1 Å². The fraction of sp³-hybridized carbons (Fsp3) is 0.200. The van der Waals surface area contributed by atoms with Crippen LogP contribution in [-0.4, -0.2) is 10.2 Å². The van der Waals surface area contributed by atoms with Crippen molar-refractivity contribution in [3.05, 3.63) is 45.9 Å². The molecule has 0 radical (unpaired) electrons. The topological polar surface area (TPSA) is 87.7 Å². The summed E-state index contributed by atoms with van der Waals surface area (Å²) in [6, 6.07) is 3.81. The minimum Gasteiger partial charge on any atom is -0.415 e. The van der Waals surface area contributed by atoms with E-state index < -0.39 is 18.1 Å². The van der Waals surface area contributed by atoms with Gasteiger partial charge < -0.3 is 4.42 Å². The first-order chi connectivity index (χ1) is 9.11. The lowest BCUT2D eigenvalue weighted by Crippen LogP contribution is -1.89. The van der Waals surface area contributed by atoms with Crippen molar-refractivity contribution in [3.63, 3.8) is 0 Å². The lowest BCUT2D eigenvalue weighted by molar-refractivity contribution is 0.116. The Morgan fingerprint density at radius 2 is 2.16 bits per heavy atom. The molecule has 0 aliphatic carbocycles. The van der Waals surface area contributed by atoms with E-state index in [1.807, 2.05) is 0 Å². The molecule has 2 rings (SSSR count). The molecule has 1 aromatic heterocycles. The average Bonchev–Trinajstić information content (AvgIpc) is 2.87. The van der Waals surface area contributed by atoms with Gasteiger partial charge in [0.25, 0.3) is 5.89 Å². The van der Waals surface area contributed by atoms with Gasteiger partial charge in [0.05, 0.1) is 6.54 Å². The van der Waals surface area contributed by atoms with Crippen LogP contribution in [0, 0.1) is 5.82 Å². The molecular formula is C10H6F3N5O. The van der Waals surface area contributed by atoms with Crippen LogP contribution >= 0.6 is 0 Å². The molecule has 0 saturated heterocycles. The predicted molar refractivity (Wildman–Crippen MR) is 57.5 cm³/mol. The fourth-order valence-electron chi connectivity index (χ4n) is 1.36. The third-order valence-corrected chi connectivity index (χ3v) is 2.23. The first-order valence-electron chi connectivity index (χ1n) is 5.03. The van der Waals surface area contributed by atoms with Crippen LogP contribution in [0.5, 0.6) is 0 Å². The maximum Gasteiger partial charge on any atom is 0.314 e. The highest BCUT2D eigenvalue weighted by molar-refractivity contribution is 5.53. The van der Waals surface area contributed by atoms with Gasteiger partial charge >= 0.3 is 6.43 Å². The van der Waals surface area contributed by atoms with E-state index in [1.54, 1.807) is 0 Å². The molecule has 0 aliphatic heterocycles. The molecule has 1 heterocycles. The summed E-state index contributed by atoms with van der Waals surface area (Å²) in [4.78, 5) is 2.51. The Labute approximate surface area is 104 Å². The standard InChI is InChI=1S/C10H6F3N5O/c11-7-3-5(1-2-6(7)4-15-18-14)9-16-17-10(19-9)8(12)13/h1-3,8H,4H2. The van der Waals surface area contributed by atoms with E-state index >= 15 is 0 Å². The van der Waals surface area contributed by atoms with Crippen LogP contribution in [0.4, 0.5) is 13.2 Å². The number of nitrogens with zero attached hydrogens (tertiary/aromatic N) is 5. The van der Waals surface area contributed by atoms with Gasteiger partial charge in [-0.1, -0.05) is 11.2 Å². The number of benzene rings is 1. The van der Waals surface area contributed by atoms with Gasteiger partial charge in [-0.3, -0.25) is 0 Å². The molecule has 0 unspecified atom stereocenters. The summed E-state index contributed by atoms with van der Waals surface area (Å²) in [5.41, 5.74) is 8.48. The highest BCUT2D eigenvalue weighted by atomic mass is 19.3. The number of halogens is 3. The molecule has 0 saturated carbocycles. The minimum absolute atomic E-state index is 0.144. The Hall–Kier alpha value is -2.54. The zero-order valence-electron chi connectivity index (χ0n) is 9.29. The van der Waals surface area contributed by atoms with E-state index in [-0.39, 0.29) is 23.6 Å². The highest BCUT2D eigenvalue weighted by Crippen LogP contribution is 2.24. The van der Waals surface area contributed by atoms with Crippen molar-refractivity contribution < 1.29 is 17.6 Å². The molecule has 9 heteroatoms. The van der Waals surface area contributed by atoms with Crippen molar-refractivity contribution in [1.82, 2.24) is 10.2 Å². The number of azide groups is 1. The number of aromatic nitrogens is 2. The molecule has 98 valence electrons. The van der Waals surface area contributed by atoms with Gasteiger partial charge in [-0.25, -0.2) is 4.39 Å². The third kappa shape index (κ3) is 2.83. The van der Waals surface area contributed by atoms with Crippen molar-refractivity contribution in [3.8, 4) is 11.5 Å². The maximum absolute atomic E-state index is 13.6. The van der Waals surface area contributed by atoms with Gasteiger partial charge in [0.2, 0.25) is 5.89 Å². The molecule has 0 aliphatic rings. The van der Waals surface area contributed by atoms with E-state index in [9.17, 15) is 13.2 Å². The first kappa shape index (κ1) is 12.9. The second kappa shape index (κ2) is 5.40. The molecule has 0 N–H and O–H groups in total. The molecule has 2 aromatic rings. The summed E-state index contributed by atoms with van der Waals surface area (Å²) in [5, 5.41) is 9.76. The number of alkyl halides is 2. The van der Waals surface area contributed by atoms with E-state index in [0.29, 0.717) is 0 Å². The summed E-state index contributed by atoms with van der Waals surface area (Å²) < 4.78 is 42.8. The lowest BCUT2D eigenvalue weighted by atomic mass is 10.1. The smallest absolute Gasteiger partial charge is 0.314 e. The van der Waals surface area contributed by atoms with E-state index in [2.05, 4.69) is 24.6 Å². The first-order valence-corrected chi connectivity index (χ1v) is 5.03. The van der Waals surface area contributed by atoms with Crippen LogP contribution in [0.1, 0.15) is 17.9 Å². The van der Waals surface area contributed by atoms with Gasteiger partial charge in [0.1, 0.15) is 5.82 Å². The molecule has 19 heavy (non-hydrogen) atoms. The maximum atomic E-state index is 13.6. The SMILES string of the molecule is [N-]=[N+]=NCc1ccc(-c2nnc(C(F)F)o2)cc1F. The molecule has 6 nitrogen and oxygen atoms in total. The Kier molecular flexibility index (Phi) is 3.67. The van der Waals surface area contributed by atoms with Crippen LogP contribution in [0.25, 0.3) is 21.9 Å². The molecule has 0 spiro atoms. The second-order valence-electron chi connectivity index (χ2n) is 3.44. The second-order valence-corrected chi connectivity index (χ2v) is 3.44. The van der Waals surface area contributed by atoms with Gasteiger partial charge in [-0.05, 0) is 23.2 Å². The van der Waals surface area contributed by atoms with E-state index in [4.69, 9.17) is 5.53 Å². The van der Waals surface area contributed by atoms with Crippen molar-refractivity contribution in [2.45, 2.75) is 13.0 Å². The summed E-state index contributed by atoms with van der Waals surface area (Å²) >= 11 is 0. The summed E-state index contributed by atoms with van der Waals surface area (Å²) in [5.74, 6) is -1.68. The third-order valence-electron chi connectivity index (χ3n) is 2.23. The van der Waals surface area contributed by atoms with Gasteiger partial charge in [-0.2, -0.15) is 8.78 Å². The average molecular weight is 269 g/mol. The Morgan fingerprint density at radius 3 is 2.74 bits per heavy atom. The monoisotopic (exact) mass is 269 g/mol. The zero-order valence-corrected chi connectivity index (χ0v) is 9.29. The van der Waals surface area contributed by atoms with Crippen LogP contribution in [0.3, 0.4) is 0 Å². The lowest BCUT2D eigenvalue weighted by Gasteiger charge is -2.00. The number of hydrogen-bond acceptors (Lipinski definition) is 4.